The van der Waals surface area contributed by atoms with Crippen LogP contribution in [-0.2, 0) is 26.1 Å². The van der Waals surface area contributed by atoms with Gasteiger partial charge in [-0.25, -0.2) is 0 Å². The Balaban J connectivity index is 2.32. The number of hydrogen-bond donors (Lipinski definition) is 1. The molecule has 2 heteroatoms. The van der Waals surface area contributed by atoms with Crippen molar-refractivity contribution in [3.63, 3.8) is 0 Å². The fraction of sp³-hybridized carbons (Fsp3) is 1.00. The van der Waals surface area contributed by atoms with E-state index in [1.165, 1.54) is 0 Å². The normalized spacial score (nSPS) is 16.0. The molecule has 0 aromatic rings. The Morgan fingerprint density at radius 2 is 2.00 bits per heavy atom. The van der Waals surface area contributed by atoms with Crippen LogP contribution >= 0.6 is 0 Å². The maximum absolute atomic E-state index is 8.14. The number of hydrogen-bond acceptors (Lipinski definition) is 1. The molecule has 1 atom stereocenters. The molecule has 0 aliphatic rings. The van der Waals surface area contributed by atoms with Gasteiger partial charge in [-0.3, -0.25) is 0 Å². The first-order valence-electron chi connectivity index (χ1n) is 1.24. The second kappa shape index (κ2) is 2.15. The molecule has 0 saturated heterocycles. The first-order valence-corrected chi connectivity index (χ1v) is 4.42. The van der Waals surface area contributed by atoms with Crippen LogP contribution in [0.4, 0.5) is 0 Å². The average Bonchev–Trinajstić information content (AvgIpc) is 0.811. The molecule has 0 amide bonds. The third-order valence-electron chi connectivity index (χ3n) is 0. The zero-order valence-corrected chi connectivity index (χ0v) is 8.23. The van der Waals surface area contributed by atoms with Crippen molar-refractivity contribution in [3.05, 3.63) is 0 Å². The van der Waals surface area contributed by atoms with Gasteiger partial charge in [-0.1, -0.05) is 0 Å². The van der Waals surface area contributed by atoms with E-state index in [4.69, 9.17) is 5.11 Å². The fourth-order valence-corrected chi connectivity index (χ4v) is 0. The van der Waals surface area contributed by atoms with Crippen LogP contribution in [-0.4, -0.2) is 8.72 Å². The molecule has 0 radical (unpaired) electrons. The van der Waals surface area contributed by atoms with Crippen molar-refractivity contribution in [1.29, 1.82) is 0 Å². The summed E-state index contributed by atoms with van der Waals surface area (Å²) in [5.41, 5.74) is 0. The Bertz CT molecular complexity index is 10.8. The number of aliphatic hydroxyl groups is 1. The van der Waals surface area contributed by atoms with Gasteiger partial charge in [0.1, 0.15) is 0 Å². The Morgan fingerprint density at radius 1 is 2.00 bits per heavy atom. The summed E-state index contributed by atoms with van der Waals surface area (Å²) in [6.07, 6.45) is 0. The van der Waals surface area contributed by atoms with Gasteiger partial charge in [-0.15, -0.1) is 0 Å². The molecule has 4 heavy (non-hydrogen) atoms. The van der Waals surface area contributed by atoms with E-state index < -0.39 is 0 Å². The van der Waals surface area contributed by atoms with Crippen molar-refractivity contribution in [2.75, 3.05) is 0 Å². The van der Waals surface area contributed by atoms with Gasteiger partial charge < -0.3 is 0 Å². The van der Waals surface area contributed by atoms with Crippen LogP contribution in [0.25, 0.3) is 0 Å². The zero-order valence-electron chi connectivity index (χ0n) is 2.73. The Hall–Kier alpha value is 0.895. The summed E-state index contributed by atoms with van der Waals surface area (Å²) < 4.78 is 0.0278. The molecular weight excluding hydrogens is 241 g/mol. The van der Waals surface area contributed by atoms with Gasteiger partial charge in [0.15, 0.2) is 0 Å². The molecule has 0 rings (SSSR count). The minimum absolute atomic E-state index is 0.0278. The van der Waals surface area contributed by atoms with Gasteiger partial charge in [0.25, 0.3) is 0 Å². The summed E-state index contributed by atoms with van der Waals surface area (Å²) in [6.45, 7) is 1.81. The van der Waals surface area contributed by atoms with Crippen molar-refractivity contribution in [2.45, 2.75) is 10.5 Å². The summed E-state index contributed by atoms with van der Waals surface area (Å²) in [6, 6.07) is 0. The van der Waals surface area contributed by atoms with Crippen molar-refractivity contribution >= 4 is 0 Å². The maximum atomic E-state index is 8.14. The van der Waals surface area contributed by atoms with E-state index >= 15 is 0 Å². The van der Waals surface area contributed by atoms with E-state index in [1.54, 1.807) is 0 Å². The first-order chi connectivity index (χ1) is 1.73. The zero-order chi connectivity index (χ0) is 3.58. The Labute approximate surface area is 42.0 Å². The molecule has 21 valence electrons. The van der Waals surface area contributed by atoms with Crippen LogP contribution in [0.2, 0.25) is 0 Å². The SMILES string of the molecule is C[CH](O)[Hg]. The summed E-state index contributed by atoms with van der Waals surface area (Å²) in [5, 5.41) is 8.14. The topological polar surface area (TPSA) is 20.2 Å². The molecule has 0 spiro atoms. The summed E-state index contributed by atoms with van der Waals surface area (Å²) in [5.74, 6) is 0. The summed E-state index contributed by atoms with van der Waals surface area (Å²) in [4.78, 5) is 0. The van der Waals surface area contributed by atoms with E-state index in [1.807, 2.05) is 6.92 Å². The third-order valence-corrected chi connectivity index (χ3v) is 0. The molecule has 0 heterocycles. The third kappa shape index (κ3) is 13.0. The molecule has 0 aliphatic carbocycles. The van der Waals surface area contributed by atoms with Crippen LogP contribution < -0.4 is 0 Å². The van der Waals surface area contributed by atoms with Crippen LogP contribution in [0, 0.1) is 0 Å². The van der Waals surface area contributed by atoms with Gasteiger partial charge in [-0.05, 0) is 0 Å². The predicted octanol–water partition coefficient (Wildman–Crippen LogP) is -0.129. The Morgan fingerprint density at radius 3 is 2.00 bits per heavy atom. The summed E-state index contributed by atoms with van der Waals surface area (Å²) in [7, 11) is 0. The van der Waals surface area contributed by atoms with E-state index in [0.29, 0.717) is 26.1 Å². The molecule has 0 aromatic carbocycles. The van der Waals surface area contributed by atoms with Crippen molar-refractivity contribution in [3.8, 4) is 0 Å². The van der Waals surface area contributed by atoms with Gasteiger partial charge in [-0.2, -0.15) is 0 Å². The Kier molecular flexibility index (Phi) is 2.63. The average molecular weight is 246 g/mol. The monoisotopic (exact) mass is 247 g/mol. The minimum atomic E-state index is 0.0278. The molecule has 1 unspecified atom stereocenters. The predicted molar refractivity (Wildman–Crippen MR) is 11.7 cm³/mol. The fourth-order valence-electron chi connectivity index (χ4n) is 0. The van der Waals surface area contributed by atoms with Gasteiger partial charge in [0.05, 0.1) is 0 Å². The van der Waals surface area contributed by atoms with Crippen molar-refractivity contribution in [1.82, 2.24) is 0 Å². The number of aliphatic hydroxyl groups excluding tert-OH is 1. The van der Waals surface area contributed by atoms with Gasteiger partial charge in [0, 0.05) is 0 Å². The van der Waals surface area contributed by atoms with Crippen LogP contribution in [0.3, 0.4) is 0 Å². The van der Waals surface area contributed by atoms with Crippen LogP contribution in [0.15, 0.2) is 0 Å². The van der Waals surface area contributed by atoms with Crippen LogP contribution in [0.1, 0.15) is 6.92 Å². The molecule has 0 aromatic heterocycles. The van der Waals surface area contributed by atoms with E-state index in [0.717, 1.165) is 0 Å². The molecule has 0 fully saturated rings. The molecule has 0 saturated carbocycles. The first kappa shape index (κ1) is 4.90. The van der Waals surface area contributed by atoms with Crippen LogP contribution in [0.5, 0.6) is 0 Å². The van der Waals surface area contributed by atoms with E-state index in [9.17, 15) is 0 Å². The standard InChI is InChI=1S/C2H5O.Hg/c1-2-3;/h2-3H,1H3;. The molecule has 0 bridgehead atoms. The van der Waals surface area contributed by atoms with Gasteiger partial charge in [0.2, 0.25) is 0 Å². The van der Waals surface area contributed by atoms with E-state index in [-0.39, 0.29) is 3.61 Å². The molecule has 0 aliphatic heterocycles. The second-order valence-corrected chi connectivity index (χ2v) is 5.44. The molecule has 1 N–H and O–H groups in total. The summed E-state index contributed by atoms with van der Waals surface area (Å²) >= 11 is 0.577. The molecular formula is C2H5HgO. The molecule has 1 nitrogen and oxygen atoms in total. The van der Waals surface area contributed by atoms with E-state index in [2.05, 4.69) is 0 Å². The van der Waals surface area contributed by atoms with Crippen molar-refractivity contribution in [2.24, 2.45) is 0 Å². The van der Waals surface area contributed by atoms with Crippen molar-refractivity contribution < 1.29 is 31.2 Å². The second-order valence-electron chi connectivity index (χ2n) is 0.849. The van der Waals surface area contributed by atoms with Gasteiger partial charge >= 0.3 is 41.8 Å². The number of rotatable bonds is 0. The quantitative estimate of drug-likeness (QED) is 0.590.